The van der Waals surface area contributed by atoms with Gasteiger partial charge in [0, 0.05) is 22.0 Å². The van der Waals surface area contributed by atoms with Crippen molar-refractivity contribution in [3.05, 3.63) is 49.3 Å². The summed E-state index contributed by atoms with van der Waals surface area (Å²) in [5.41, 5.74) is 5.70. The monoisotopic (exact) mass is 393 g/mol. The first-order valence-electron chi connectivity index (χ1n) is 5.16. The standard InChI is InChI=1S/C12H10Br2FNOS/c13-7-3-8(15)5-9(4-7)17-10(6-16)11-1-2-12(14)18-11/h1-5,10H,6,16H2. The quantitative estimate of drug-likeness (QED) is 0.828. The topological polar surface area (TPSA) is 35.2 Å². The van der Waals surface area contributed by atoms with Crippen LogP contribution in [0.5, 0.6) is 5.75 Å². The average Bonchev–Trinajstić information content (AvgIpc) is 2.71. The number of hydrogen-bond acceptors (Lipinski definition) is 3. The van der Waals surface area contributed by atoms with E-state index in [0.29, 0.717) is 16.8 Å². The van der Waals surface area contributed by atoms with Gasteiger partial charge in [0.25, 0.3) is 0 Å². The molecule has 1 heterocycles. The third-order valence-corrected chi connectivity index (χ3v) is 4.41. The Morgan fingerprint density at radius 3 is 2.61 bits per heavy atom. The van der Waals surface area contributed by atoms with Crippen molar-refractivity contribution < 1.29 is 9.13 Å². The molecule has 96 valence electrons. The van der Waals surface area contributed by atoms with Crippen molar-refractivity contribution in [2.45, 2.75) is 6.10 Å². The second kappa shape index (κ2) is 6.14. The number of benzene rings is 1. The number of thiophene rings is 1. The highest BCUT2D eigenvalue weighted by Crippen LogP contribution is 2.31. The molecule has 0 saturated heterocycles. The van der Waals surface area contributed by atoms with Gasteiger partial charge in [0.05, 0.1) is 3.79 Å². The van der Waals surface area contributed by atoms with Crippen molar-refractivity contribution in [2.75, 3.05) is 6.54 Å². The summed E-state index contributed by atoms with van der Waals surface area (Å²) in [7, 11) is 0. The molecule has 1 aromatic heterocycles. The Kier molecular flexibility index (Phi) is 4.77. The van der Waals surface area contributed by atoms with E-state index in [4.69, 9.17) is 10.5 Å². The lowest BCUT2D eigenvalue weighted by Gasteiger charge is -2.16. The maximum atomic E-state index is 13.2. The van der Waals surface area contributed by atoms with Crippen LogP contribution in [0.15, 0.2) is 38.6 Å². The van der Waals surface area contributed by atoms with Crippen molar-refractivity contribution in [1.29, 1.82) is 0 Å². The Labute approximate surface area is 125 Å². The van der Waals surface area contributed by atoms with Gasteiger partial charge in [0.2, 0.25) is 0 Å². The van der Waals surface area contributed by atoms with Gasteiger partial charge < -0.3 is 10.5 Å². The first-order chi connectivity index (χ1) is 8.58. The minimum Gasteiger partial charge on any atom is -0.483 e. The predicted octanol–water partition coefficient (Wildman–Crippen LogP) is 4.49. The summed E-state index contributed by atoms with van der Waals surface area (Å²) in [6.45, 7) is 0.334. The molecule has 0 radical (unpaired) electrons. The molecule has 2 N–H and O–H groups in total. The van der Waals surface area contributed by atoms with Crippen molar-refractivity contribution in [3.8, 4) is 5.75 Å². The lowest BCUT2D eigenvalue weighted by molar-refractivity contribution is 0.217. The summed E-state index contributed by atoms with van der Waals surface area (Å²) < 4.78 is 20.6. The lowest BCUT2D eigenvalue weighted by Crippen LogP contribution is -2.17. The molecule has 1 aromatic carbocycles. The maximum absolute atomic E-state index is 13.2. The zero-order chi connectivity index (χ0) is 13.1. The van der Waals surface area contributed by atoms with Gasteiger partial charge >= 0.3 is 0 Å². The molecule has 2 nitrogen and oxygen atoms in total. The van der Waals surface area contributed by atoms with E-state index < -0.39 is 0 Å². The van der Waals surface area contributed by atoms with Crippen LogP contribution in [0, 0.1) is 5.82 Å². The normalized spacial score (nSPS) is 12.4. The van der Waals surface area contributed by atoms with Gasteiger partial charge in [0.15, 0.2) is 0 Å². The Hall–Kier alpha value is -0.430. The number of nitrogens with two attached hydrogens (primary N) is 1. The smallest absolute Gasteiger partial charge is 0.145 e. The van der Waals surface area contributed by atoms with Crippen LogP contribution in [0.1, 0.15) is 11.0 Å². The molecule has 2 rings (SSSR count). The Morgan fingerprint density at radius 2 is 2.06 bits per heavy atom. The largest absolute Gasteiger partial charge is 0.483 e. The molecule has 0 aliphatic heterocycles. The van der Waals surface area contributed by atoms with Crippen molar-refractivity contribution >= 4 is 43.2 Å². The highest BCUT2D eigenvalue weighted by molar-refractivity contribution is 9.11. The molecule has 0 saturated carbocycles. The molecule has 18 heavy (non-hydrogen) atoms. The van der Waals surface area contributed by atoms with Gasteiger partial charge in [0.1, 0.15) is 17.7 Å². The highest BCUT2D eigenvalue weighted by Gasteiger charge is 2.14. The van der Waals surface area contributed by atoms with Crippen LogP contribution in [0.2, 0.25) is 0 Å². The van der Waals surface area contributed by atoms with Gasteiger partial charge in [-0.3, -0.25) is 0 Å². The highest BCUT2D eigenvalue weighted by atomic mass is 79.9. The van der Waals surface area contributed by atoms with Gasteiger partial charge in [-0.2, -0.15) is 0 Å². The van der Waals surface area contributed by atoms with E-state index in [2.05, 4.69) is 31.9 Å². The molecule has 0 bridgehead atoms. The van der Waals surface area contributed by atoms with E-state index in [-0.39, 0.29) is 11.9 Å². The van der Waals surface area contributed by atoms with Crippen LogP contribution in [-0.2, 0) is 0 Å². The molecule has 0 aliphatic rings. The fourth-order valence-corrected chi connectivity index (χ4v) is 3.39. The lowest BCUT2D eigenvalue weighted by atomic mass is 10.3. The minimum atomic E-state index is -0.345. The van der Waals surface area contributed by atoms with Gasteiger partial charge in [-0.15, -0.1) is 11.3 Å². The molecule has 0 spiro atoms. The Balaban J connectivity index is 2.20. The van der Waals surface area contributed by atoms with E-state index in [1.807, 2.05) is 12.1 Å². The first kappa shape index (κ1) is 14.0. The van der Waals surface area contributed by atoms with Crippen LogP contribution < -0.4 is 10.5 Å². The Morgan fingerprint density at radius 1 is 1.28 bits per heavy atom. The SMILES string of the molecule is NCC(Oc1cc(F)cc(Br)c1)c1ccc(Br)s1. The third kappa shape index (κ3) is 3.54. The van der Waals surface area contributed by atoms with E-state index in [0.717, 1.165) is 8.66 Å². The molecular weight excluding hydrogens is 385 g/mol. The fourth-order valence-electron chi connectivity index (χ4n) is 1.48. The van der Waals surface area contributed by atoms with Crippen LogP contribution in [0.4, 0.5) is 4.39 Å². The maximum Gasteiger partial charge on any atom is 0.145 e. The van der Waals surface area contributed by atoms with Crippen LogP contribution in [-0.4, -0.2) is 6.54 Å². The average molecular weight is 395 g/mol. The number of rotatable bonds is 4. The third-order valence-electron chi connectivity index (χ3n) is 2.24. The molecule has 2 aromatic rings. The van der Waals surface area contributed by atoms with E-state index in [1.165, 1.54) is 12.1 Å². The number of ether oxygens (including phenoxy) is 1. The molecule has 0 aliphatic carbocycles. The summed E-state index contributed by atoms with van der Waals surface area (Å²) in [5, 5.41) is 0. The molecule has 0 amide bonds. The van der Waals surface area contributed by atoms with Gasteiger partial charge in [-0.1, -0.05) is 15.9 Å². The summed E-state index contributed by atoms with van der Waals surface area (Å²) in [6, 6.07) is 8.32. The van der Waals surface area contributed by atoms with Gasteiger partial charge in [-0.05, 0) is 40.2 Å². The number of halogens is 3. The predicted molar refractivity (Wildman–Crippen MR) is 78.5 cm³/mol. The summed E-state index contributed by atoms with van der Waals surface area (Å²) in [6.07, 6.45) is -0.269. The summed E-state index contributed by atoms with van der Waals surface area (Å²) >= 11 is 8.18. The molecular formula is C12H10Br2FNOS. The Bertz CT molecular complexity index is 526. The van der Waals surface area contributed by atoms with E-state index in [9.17, 15) is 4.39 Å². The fraction of sp³-hybridized carbons (Fsp3) is 0.167. The van der Waals surface area contributed by atoms with Gasteiger partial charge in [-0.25, -0.2) is 4.39 Å². The van der Waals surface area contributed by atoms with Crippen molar-refractivity contribution in [1.82, 2.24) is 0 Å². The zero-order valence-electron chi connectivity index (χ0n) is 9.20. The van der Waals surface area contributed by atoms with E-state index >= 15 is 0 Å². The number of hydrogen-bond donors (Lipinski definition) is 1. The summed E-state index contributed by atoms with van der Waals surface area (Å²) in [4.78, 5) is 1.00. The second-order valence-corrected chi connectivity index (χ2v) is 7.00. The van der Waals surface area contributed by atoms with Crippen LogP contribution in [0.25, 0.3) is 0 Å². The molecule has 0 fully saturated rings. The molecule has 1 atom stereocenters. The van der Waals surface area contributed by atoms with Crippen LogP contribution in [0.3, 0.4) is 0 Å². The molecule has 6 heteroatoms. The first-order valence-corrected chi connectivity index (χ1v) is 7.57. The van der Waals surface area contributed by atoms with Crippen LogP contribution >= 0.6 is 43.2 Å². The second-order valence-electron chi connectivity index (χ2n) is 3.59. The molecule has 1 unspecified atom stereocenters. The summed E-state index contributed by atoms with van der Waals surface area (Å²) in [5.74, 6) is 0.115. The van der Waals surface area contributed by atoms with Crippen molar-refractivity contribution in [3.63, 3.8) is 0 Å². The van der Waals surface area contributed by atoms with E-state index in [1.54, 1.807) is 17.4 Å². The zero-order valence-corrected chi connectivity index (χ0v) is 13.2. The van der Waals surface area contributed by atoms with Crippen molar-refractivity contribution in [2.24, 2.45) is 5.73 Å². The minimum absolute atomic E-state index is 0.269.